The van der Waals surface area contributed by atoms with E-state index in [1.807, 2.05) is 25.2 Å². The summed E-state index contributed by atoms with van der Waals surface area (Å²) < 4.78 is 15.0. The van der Waals surface area contributed by atoms with E-state index in [9.17, 15) is 14.0 Å². The number of thioether (sulfide) groups is 1. The maximum Gasteiger partial charge on any atom is 0.256 e. The standard InChI is InChI=1S/C27H25FN4O2S2/c1-31-12-14-32(15-13-31)26(34)22-5-3-2-4-21(22)25(33)29-20-10-11-23-24(16-20)36-27(30-23)35-17-18-6-8-19(28)9-7-18/h2-11,16H,12-15,17H2,1H3,(H,29,33). The van der Waals surface area contributed by atoms with Gasteiger partial charge in [0.15, 0.2) is 4.34 Å². The normalized spacial score (nSPS) is 14.2. The largest absolute Gasteiger partial charge is 0.336 e. The highest BCUT2D eigenvalue weighted by atomic mass is 32.2. The minimum absolute atomic E-state index is 0.116. The summed E-state index contributed by atoms with van der Waals surface area (Å²) in [6, 6.07) is 19.0. The molecule has 6 nitrogen and oxygen atoms in total. The number of aromatic nitrogens is 1. The van der Waals surface area contributed by atoms with Gasteiger partial charge in [-0.25, -0.2) is 9.37 Å². The highest BCUT2D eigenvalue weighted by Crippen LogP contribution is 2.33. The molecule has 0 atom stereocenters. The predicted molar refractivity (Wildman–Crippen MR) is 143 cm³/mol. The SMILES string of the molecule is CN1CCN(C(=O)c2ccccc2C(=O)Nc2ccc3nc(SCc4ccc(F)cc4)sc3c2)CC1. The van der Waals surface area contributed by atoms with Gasteiger partial charge in [0.05, 0.1) is 21.3 Å². The molecule has 0 spiro atoms. The molecule has 0 unspecified atom stereocenters. The maximum absolute atomic E-state index is 13.2. The number of carbonyl (C=O) groups excluding carboxylic acids is 2. The Kier molecular flexibility index (Phi) is 7.31. The molecule has 1 aliphatic heterocycles. The number of fused-ring (bicyclic) bond motifs is 1. The number of nitrogens with zero attached hydrogens (tertiary/aromatic N) is 3. The van der Waals surface area contributed by atoms with Crippen LogP contribution in [0.4, 0.5) is 10.1 Å². The van der Waals surface area contributed by atoms with Gasteiger partial charge in [-0.3, -0.25) is 9.59 Å². The number of carbonyl (C=O) groups is 2. The van der Waals surface area contributed by atoms with Crippen LogP contribution < -0.4 is 5.32 Å². The number of thiazole rings is 1. The van der Waals surface area contributed by atoms with Gasteiger partial charge < -0.3 is 15.1 Å². The average molecular weight is 521 g/mol. The van der Waals surface area contributed by atoms with Crippen molar-refractivity contribution < 1.29 is 14.0 Å². The average Bonchev–Trinajstić information content (AvgIpc) is 3.30. The molecule has 2 amide bonds. The second-order valence-electron chi connectivity index (χ2n) is 8.67. The molecule has 0 radical (unpaired) electrons. The van der Waals surface area contributed by atoms with Crippen molar-refractivity contribution >= 4 is 50.8 Å². The number of hydrogen-bond acceptors (Lipinski definition) is 6. The molecule has 5 rings (SSSR count). The third-order valence-electron chi connectivity index (χ3n) is 6.09. The zero-order valence-electron chi connectivity index (χ0n) is 19.7. The fraction of sp³-hybridized carbons (Fsp3) is 0.222. The van der Waals surface area contributed by atoms with Crippen molar-refractivity contribution in [1.82, 2.24) is 14.8 Å². The van der Waals surface area contributed by atoms with Crippen LogP contribution in [0.15, 0.2) is 71.1 Å². The Bertz CT molecular complexity index is 1400. The molecule has 1 fully saturated rings. The van der Waals surface area contributed by atoms with Crippen LogP contribution in [0.25, 0.3) is 10.2 Å². The number of hydrogen-bond donors (Lipinski definition) is 1. The van der Waals surface area contributed by atoms with Crippen molar-refractivity contribution in [2.45, 2.75) is 10.1 Å². The summed E-state index contributed by atoms with van der Waals surface area (Å²) in [5, 5.41) is 2.95. The first-order valence-corrected chi connectivity index (χ1v) is 13.4. The molecule has 1 aliphatic rings. The molecular formula is C27H25FN4O2S2. The fourth-order valence-electron chi connectivity index (χ4n) is 4.01. The van der Waals surface area contributed by atoms with Crippen LogP contribution in [-0.2, 0) is 5.75 Å². The van der Waals surface area contributed by atoms with E-state index in [1.165, 1.54) is 12.1 Å². The summed E-state index contributed by atoms with van der Waals surface area (Å²) in [5.41, 5.74) is 3.30. The first kappa shape index (κ1) is 24.4. The lowest BCUT2D eigenvalue weighted by Gasteiger charge is -2.32. The van der Waals surface area contributed by atoms with Gasteiger partial charge in [0.2, 0.25) is 0 Å². The molecule has 0 bridgehead atoms. The lowest BCUT2D eigenvalue weighted by Crippen LogP contribution is -2.47. The third-order valence-corrected chi connectivity index (χ3v) is 8.33. The molecule has 2 heterocycles. The molecular weight excluding hydrogens is 495 g/mol. The van der Waals surface area contributed by atoms with Gasteiger partial charge in [-0.1, -0.05) is 36.0 Å². The number of nitrogens with one attached hydrogen (secondary N) is 1. The molecule has 1 aromatic heterocycles. The van der Waals surface area contributed by atoms with Crippen molar-refractivity contribution in [3.63, 3.8) is 0 Å². The number of benzene rings is 3. The monoisotopic (exact) mass is 520 g/mol. The molecule has 1 saturated heterocycles. The Morgan fingerprint density at radius 3 is 2.47 bits per heavy atom. The molecule has 9 heteroatoms. The summed E-state index contributed by atoms with van der Waals surface area (Å²) in [4.78, 5) is 35.0. The lowest BCUT2D eigenvalue weighted by atomic mass is 10.0. The minimum atomic E-state index is -0.317. The van der Waals surface area contributed by atoms with E-state index in [-0.39, 0.29) is 17.6 Å². The topological polar surface area (TPSA) is 65.5 Å². The molecule has 0 aliphatic carbocycles. The third kappa shape index (κ3) is 5.59. The summed E-state index contributed by atoms with van der Waals surface area (Å²) in [7, 11) is 2.04. The number of halogens is 1. The second kappa shape index (κ2) is 10.8. The van der Waals surface area contributed by atoms with E-state index in [2.05, 4.69) is 15.2 Å². The van der Waals surface area contributed by atoms with Crippen LogP contribution >= 0.6 is 23.1 Å². The zero-order chi connectivity index (χ0) is 25.1. The number of anilines is 1. The quantitative estimate of drug-likeness (QED) is 0.347. The Morgan fingerprint density at radius 2 is 1.72 bits per heavy atom. The Balaban J connectivity index is 1.28. The smallest absolute Gasteiger partial charge is 0.256 e. The van der Waals surface area contributed by atoms with Crippen LogP contribution in [0, 0.1) is 5.82 Å². The van der Waals surface area contributed by atoms with Crippen LogP contribution in [0.1, 0.15) is 26.3 Å². The van der Waals surface area contributed by atoms with E-state index in [0.29, 0.717) is 35.7 Å². The van der Waals surface area contributed by atoms with Crippen molar-refractivity contribution in [2.24, 2.45) is 0 Å². The molecule has 36 heavy (non-hydrogen) atoms. The molecule has 184 valence electrons. The number of rotatable bonds is 6. The number of amides is 2. The highest BCUT2D eigenvalue weighted by molar-refractivity contribution is 8.00. The summed E-state index contributed by atoms with van der Waals surface area (Å²) in [6.07, 6.45) is 0. The molecule has 0 saturated carbocycles. The molecule has 4 aromatic rings. The van der Waals surface area contributed by atoms with Crippen LogP contribution in [-0.4, -0.2) is 59.8 Å². The summed E-state index contributed by atoms with van der Waals surface area (Å²) >= 11 is 3.14. The van der Waals surface area contributed by atoms with Gasteiger partial charge in [-0.15, -0.1) is 11.3 Å². The first-order valence-electron chi connectivity index (χ1n) is 11.6. The Labute approximate surface area is 217 Å². The second-order valence-corrected chi connectivity index (χ2v) is 10.9. The Hall–Kier alpha value is -3.27. The van der Waals surface area contributed by atoms with Crippen molar-refractivity contribution in [3.05, 3.63) is 89.2 Å². The van der Waals surface area contributed by atoms with E-state index >= 15 is 0 Å². The van der Waals surface area contributed by atoms with Crippen molar-refractivity contribution in [2.75, 3.05) is 38.5 Å². The zero-order valence-corrected chi connectivity index (χ0v) is 21.4. The van der Waals surface area contributed by atoms with Crippen LogP contribution in [0.5, 0.6) is 0 Å². The summed E-state index contributed by atoms with van der Waals surface area (Å²) in [5.74, 6) is 0.0176. The van der Waals surface area contributed by atoms with Gasteiger partial charge in [-0.2, -0.15) is 0 Å². The predicted octanol–water partition coefficient (Wildman–Crippen LogP) is 5.37. The summed E-state index contributed by atoms with van der Waals surface area (Å²) in [6.45, 7) is 2.93. The van der Waals surface area contributed by atoms with Gasteiger partial charge in [0, 0.05) is 37.6 Å². The minimum Gasteiger partial charge on any atom is -0.336 e. The van der Waals surface area contributed by atoms with E-state index in [4.69, 9.17) is 0 Å². The number of piperazine rings is 1. The highest BCUT2D eigenvalue weighted by Gasteiger charge is 2.24. The maximum atomic E-state index is 13.2. The van der Waals surface area contributed by atoms with Gasteiger partial charge in [0.25, 0.3) is 11.8 Å². The van der Waals surface area contributed by atoms with Crippen molar-refractivity contribution in [1.29, 1.82) is 0 Å². The first-order chi connectivity index (χ1) is 17.5. The van der Waals surface area contributed by atoms with Crippen LogP contribution in [0.3, 0.4) is 0 Å². The van der Waals surface area contributed by atoms with Gasteiger partial charge in [-0.05, 0) is 55.1 Å². The lowest BCUT2D eigenvalue weighted by molar-refractivity contribution is 0.0660. The number of likely N-dealkylation sites (N-methyl/N-ethyl adjacent to an activating group) is 1. The van der Waals surface area contributed by atoms with Crippen molar-refractivity contribution in [3.8, 4) is 0 Å². The molecule has 3 aromatic carbocycles. The van der Waals surface area contributed by atoms with E-state index < -0.39 is 0 Å². The molecule has 1 N–H and O–H groups in total. The Morgan fingerprint density at radius 1 is 1.00 bits per heavy atom. The van der Waals surface area contributed by atoms with E-state index in [1.54, 1.807) is 64.4 Å². The van der Waals surface area contributed by atoms with E-state index in [0.717, 1.165) is 33.2 Å². The van der Waals surface area contributed by atoms with Gasteiger partial charge in [0.1, 0.15) is 5.82 Å². The van der Waals surface area contributed by atoms with Crippen LogP contribution in [0.2, 0.25) is 0 Å². The fourth-order valence-corrected chi connectivity index (χ4v) is 6.08. The van der Waals surface area contributed by atoms with Gasteiger partial charge >= 0.3 is 0 Å².